The van der Waals surface area contributed by atoms with Crippen LogP contribution in [-0.4, -0.2) is 35.0 Å². The van der Waals surface area contributed by atoms with Gasteiger partial charge >= 0.3 is 0 Å². The number of nitrogens with zero attached hydrogens (tertiary/aromatic N) is 2. The van der Waals surface area contributed by atoms with Crippen LogP contribution in [0.15, 0.2) is 46.1 Å². The number of hydrogen-bond acceptors (Lipinski definition) is 7. The topological polar surface area (TPSA) is 112 Å². The summed E-state index contributed by atoms with van der Waals surface area (Å²) in [6.45, 7) is 2.02. The molecule has 8 nitrogen and oxygen atoms in total. The zero-order chi connectivity index (χ0) is 23.0. The van der Waals surface area contributed by atoms with Crippen molar-refractivity contribution in [1.82, 2.24) is 9.88 Å². The van der Waals surface area contributed by atoms with E-state index in [1.807, 2.05) is 19.1 Å². The molecule has 3 N–H and O–H groups in total. The molecular formula is C24H26N4O4. The fourth-order valence-electron chi connectivity index (χ4n) is 3.87. The predicted molar refractivity (Wildman–Crippen MR) is 124 cm³/mol. The molecule has 0 spiro atoms. The fourth-order valence-corrected chi connectivity index (χ4v) is 3.87. The second-order valence-corrected chi connectivity index (χ2v) is 8.30. The predicted octanol–water partition coefficient (Wildman–Crippen LogP) is 3.27. The van der Waals surface area contributed by atoms with Gasteiger partial charge in [-0.2, -0.15) is 0 Å². The van der Waals surface area contributed by atoms with Gasteiger partial charge in [0.1, 0.15) is 11.4 Å². The minimum absolute atomic E-state index is 0.0714. The first-order valence-electron chi connectivity index (χ1n) is 10.7. The highest BCUT2D eigenvalue weighted by atomic mass is 16.3. The van der Waals surface area contributed by atoms with E-state index in [9.17, 15) is 19.5 Å². The highest BCUT2D eigenvalue weighted by Crippen LogP contribution is 2.44. The lowest BCUT2D eigenvalue weighted by molar-refractivity contribution is 0.0819. The van der Waals surface area contributed by atoms with Crippen molar-refractivity contribution in [2.45, 2.75) is 38.1 Å². The van der Waals surface area contributed by atoms with Crippen molar-refractivity contribution in [3.05, 3.63) is 73.8 Å². The first-order valence-corrected chi connectivity index (χ1v) is 10.7. The number of pyridine rings is 1. The van der Waals surface area contributed by atoms with E-state index in [-0.39, 0.29) is 34.5 Å². The second-order valence-electron chi connectivity index (χ2n) is 8.30. The Kier molecular flexibility index (Phi) is 5.69. The third kappa shape index (κ3) is 3.84. The molecule has 0 saturated heterocycles. The van der Waals surface area contributed by atoms with Gasteiger partial charge in [-0.1, -0.05) is 31.2 Å². The van der Waals surface area contributed by atoms with Gasteiger partial charge in [-0.05, 0) is 42.4 Å². The molecule has 1 aromatic heterocycles. The van der Waals surface area contributed by atoms with Gasteiger partial charge in [0.15, 0.2) is 11.4 Å². The molecule has 32 heavy (non-hydrogen) atoms. The van der Waals surface area contributed by atoms with Gasteiger partial charge in [-0.15, -0.1) is 0 Å². The lowest BCUT2D eigenvalue weighted by Crippen LogP contribution is -2.37. The number of aromatic nitrogens is 1. The first kappa shape index (κ1) is 21.5. The highest BCUT2D eigenvalue weighted by molar-refractivity contribution is 5.97. The van der Waals surface area contributed by atoms with E-state index in [0.29, 0.717) is 5.92 Å². The number of benzene rings is 1. The molecular weight excluding hydrogens is 408 g/mol. The normalized spacial score (nSPS) is 14.2. The largest absolute Gasteiger partial charge is 0.504 e. The Morgan fingerprint density at radius 3 is 2.50 bits per heavy atom. The van der Waals surface area contributed by atoms with Crippen LogP contribution in [0.25, 0.3) is 0 Å². The van der Waals surface area contributed by atoms with E-state index < -0.39 is 16.8 Å². The number of amides is 1. The maximum atomic E-state index is 12.4. The molecule has 2 aromatic carbocycles. The molecule has 3 aromatic rings. The molecule has 1 fully saturated rings. The van der Waals surface area contributed by atoms with Gasteiger partial charge in [-0.25, -0.2) is 4.98 Å². The Bertz CT molecular complexity index is 1240. The van der Waals surface area contributed by atoms with Crippen LogP contribution in [0.4, 0.5) is 17.1 Å². The minimum atomic E-state index is -0.672. The van der Waals surface area contributed by atoms with Crippen molar-refractivity contribution in [2.75, 3.05) is 24.7 Å². The SMILES string of the molecule is CCC(Nc1c(Nc2ccnc(C(=O)N(C)C)c2O)c(=O)c1=O)c1ccccc1C1CC1. The van der Waals surface area contributed by atoms with E-state index in [4.69, 9.17) is 0 Å². The molecule has 1 heterocycles. The molecule has 1 amide bonds. The highest BCUT2D eigenvalue weighted by Gasteiger charge is 2.30. The van der Waals surface area contributed by atoms with E-state index in [0.717, 1.165) is 24.8 Å². The van der Waals surface area contributed by atoms with Crippen LogP contribution in [0.2, 0.25) is 0 Å². The van der Waals surface area contributed by atoms with Crippen molar-refractivity contribution in [1.29, 1.82) is 0 Å². The minimum Gasteiger partial charge on any atom is -0.504 e. The van der Waals surface area contributed by atoms with Crippen molar-refractivity contribution < 1.29 is 9.90 Å². The number of carbonyl (C=O) groups is 1. The summed E-state index contributed by atoms with van der Waals surface area (Å²) in [4.78, 5) is 42.2. The number of carbonyl (C=O) groups excluding carboxylic acids is 1. The molecule has 1 atom stereocenters. The summed E-state index contributed by atoms with van der Waals surface area (Å²) in [5.41, 5.74) is 1.37. The van der Waals surface area contributed by atoms with Gasteiger partial charge in [0.2, 0.25) is 0 Å². The number of aromatic hydroxyl groups is 1. The van der Waals surface area contributed by atoms with Crippen molar-refractivity contribution in [3.8, 4) is 5.75 Å². The van der Waals surface area contributed by atoms with Crippen LogP contribution in [0.3, 0.4) is 0 Å². The molecule has 0 bridgehead atoms. The molecule has 0 radical (unpaired) electrons. The van der Waals surface area contributed by atoms with Crippen LogP contribution in [0, 0.1) is 0 Å². The molecule has 166 valence electrons. The number of nitrogens with one attached hydrogen (secondary N) is 2. The van der Waals surface area contributed by atoms with Crippen LogP contribution in [-0.2, 0) is 0 Å². The van der Waals surface area contributed by atoms with Crippen LogP contribution in [0.1, 0.15) is 59.8 Å². The number of rotatable bonds is 8. The van der Waals surface area contributed by atoms with Gasteiger partial charge in [0.25, 0.3) is 16.8 Å². The summed E-state index contributed by atoms with van der Waals surface area (Å²) in [5, 5.41) is 16.6. The van der Waals surface area contributed by atoms with E-state index >= 15 is 0 Å². The third-order valence-electron chi connectivity index (χ3n) is 5.82. The zero-order valence-electron chi connectivity index (χ0n) is 18.3. The van der Waals surface area contributed by atoms with E-state index in [1.54, 1.807) is 14.1 Å². The summed E-state index contributed by atoms with van der Waals surface area (Å²) in [5.74, 6) is -0.303. The van der Waals surface area contributed by atoms with Crippen LogP contribution < -0.4 is 21.5 Å². The summed E-state index contributed by atoms with van der Waals surface area (Å²) >= 11 is 0. The van der Waals surface area contributed by atoms with Gasteiger partial charge in [0.05, 0.1) is 11.7 Å². The molecule has 8 heteroatoms. The van der Waals surface area contributed by atoms with Crippen molar-refractivity contribution in [2.24, 2.45) is 0 Å². The lowest BCUT2D eigenvalue weighted by Gasteiger charge is -2.24. The number of hydrogen-bond donors (Lipinski definition) is 3. The Morgan fingerprint density at radius 1 is 1.16 bits per heavy atom. The fraction of sp³-hybridized carbons (Fsp3) is 0.333. The molecule has 1 unspecified atom stereocenters. The van der Waals surface area contributed by atoms with E-state index in [2.05, 4.69) is 27.8 Å². The first-order chi connectivity index (χ1) is 15.3. The molecule has 1 aliphatic rings. The smallest absolute Gasteiger partial charge is 0.275 e. The van der Waals surface area contributed by atoms with Gasteiger partial charge in [-0.3, -0.25) is 14.4 Å². The maximum absolute atomic E-state index is 12.4. The van der Waals surface area contributed by atoms with Gasteiger partial charge in [0, 0.05) is 20.3 Å². The Balaban J connectivity index is 1.63. The summed E-state index contributed by atoms with van der Waals surface area (Å²) < 4.78 is 0. The Hall–Kier alpha value is -3.68. The zero-order valence-corrected chi connectivity index (χ0v) is 18.3. The average molecular weight is 434 g/mol. The third-order valence-corrected chi connectivity index (χ3v) is 5.82. The standard InChI is InChI=1S/C24H26N4O4/c1-4-16(15-8-6-5-7-14(15)13-9-10-13)26-18-19(23(31)22(18)30)27-17-11-12-25-20(21(17)29)24(32)28(2)3/h5-8,11-13,16,26,29H,4,9-10H2,1-3H3,(H,25,27). The average Bonchev–Trinajstić information content (AvgIpc) is 3.64. The van der Waals surface area contributed by atoms with Gasteiger partial charge < -0.3 is 20.6 Å². The van der Waals surface area contributed by atoms with Crippen molar-refractivity contribution in [3.63, 3.8) is 0 Å². The van der Waals surface area contributed by atoms with Crippen molar-refractivity contribution >= 4 is 23.0 Å². The molecule has 1 aliphatic carbocycles. The van der Waals surface area contributed by atoms with Crippen LogP contribution >= 0.6 is 0 Å². The van der Waals surface area contributed by atoms with Crippen LogP contribution in [0.5, 0.6) is 5.75 Å². The van der Waals surface area contributed by atoms with E-state index in [1.165, 1.54) is 22.7 Å². The lowest BCUT2D eigenvalue weighted by atomic mass is 9.95. The molecule has 4 rings (SSSR count). The Morgan fingerprint density at radius 2 is 1.84 bits per heavy atom. The Labute approximate surface area is 185 Å². The second kappa shape index (κ2) is 8.45. The summed E-state index contributed by atoms with van der Waals surface area (Å²) in [7, 11) is 3.10. The monoisotopic (exact) mass is 434 g/mol. The number of anilines is 3. The maximum Gasteiger partial charge on any atom is 0.275 e. The molecule has 1 saturated carbocycles. The molecule has 0 aliphatic heterocycles. The quantitative estimate of drug-likeness (QED) is 0.467. The summed E-state index contributed by atoms with van der Waals surface area (Å²) in [6, 6.07) is 9.49. The summed E-state index contributed by atoms with van der Waals surface area (Å²) in [6.07, 6.45) is 4.41.